The van der Waals surface area contributed by atoms with Crippen molar-refractivity contribution in [3.05, 3.63) is 0 Å². The number of nitrogens with one attached hydrogen (secondary N) is 1. The molecule has 0 saturated heterocycles. The molecule has 0 radical (unpaired) electrons. The molecule has 1 aliphatic rings. The van der Waals surface area contributed by atoms with Crippen LogP contribution >= 0.6 is 0 Å². The lowest BCUT2D eigenvalue weighted by Gasteiger charge is -2.28. The van der Waals surface area contributed by atoms with E-state index in [0.29, 0.717) is 19.4 Å². The van der Waals surface area contributed by atoms with Crippen LogP contribution in [0.2, 0.25) is 0 Å². The molecule has 1 aliphatic carbocycles. The Hall–Kier alpha value is -1.10. The minimum atomic E-state index is -0.717. The van der Waals surface area contributed by atoms with E-state index in [2.05, 4.69) is 12.2 Å². The van der Waals surface area contributed by atoms with Crippen LogP contribution in [0.5, 0.6) is 0 Å². The largest absolute Gasteiger partial charge is 0.481 e. The fourth-order valence-corrected chi connectivity index (χ4v) is 2.53. The van der Waals surface area contributed by atoms with E-state index in [1.807, 2.05) is 0 Å². The highest BCUT2D eigenvalue weighted by molar-refractivity contribution is 5.80. The summed E-state index contributed by atoms with van der Waals surface area (Å²) in [5, 5.41) is 11.8. The number of ether oxygens (including phenoxy) is 1. The number of rotatable bonds is 8. The van der Waals surface area contributed by atoms with Crippen molar-refractivity contribution < 1.29 is 19.4 Å². The minimum Gasteiger partial charge on any atom is -0.481 e. The Morgan fingerprint density at radius 1 is 1.25 bits per heavy atom. The summed E-state index contributed by atoms with van der Waals surface area (Å²) in [6, 6.07) is 0. The zero-order valence-corrected chi connectivity index (χ0v) is 12.6. The number of carbonyl (C=O) groups is 2. The molecule has 0 aromatic carbocycles. The van der Waals surface area contributed by atoms with E-state index in [-0.39, 0.29) is 17.9 Å². The summed E-state index contributed by atoms with van der Waals surface area (Å²) >= 11 is 0. The van der Waals surface area contributed by atoms with Crippen LogP contribution in [0, 0.1) is 5.92 Å². The van der Waals surface area contributed by atoms with Gasteiger partial charge in [0.25, 0.3) is 0 Å². The maximum absolute atomic E-state index is 11.8. The van der Waals surface area contributed by atoms with E-state index >= 15 is 0 Å². The van der Waals surface area contributed by atoms with E-state index in [1.165, 1.54) is 0 Å². The van der Waals surface area contributed by atoms with Crippen LogP contribution in [0.1, 0.15) is 58.8 Å². The summed E-state index contributed by atoms with van der Waals surface area (Å²) in [4.78, 5) is 22.7. The first kappa shape index (κ1) is 17.0. The van der Waals surface area contributed by atoms with Gasteiger partial charge in [0.15, 0.2) is 0 Å². The Morgan fingerprint density at radius 3 is 2.45 bits per heavy atom. The summed E-state index contributed by atoms with van der Waals surface area (Å²) in [6.45, 7) is 4.59. The molecule has 1 unspecified atom stereocenters. The normalized spacial score (nSPS) is 24.1. The smallest absolute Gasteiger partial charge is 0.306 e. The molecule has 0 bridgehead atoms. The third kappa shape index (κ3) is 5.90. The Kier molecular flexibility index (Phi) is 7.59. The monoisotopic (exact) mass is 285 g/mol. The maximum Gasteiger partial charge on any atom is 0.306 e. The van der Waals surface area contributed by atoms with Crippen LogP contribution in [0.25, 0.3) is 0 Å². The SMILES string of the molecule is CCCCCNC(=O)C(C)OC1CCC(C(=O)O)CC1. The second-order valence-corrected chi connectivity index (χ2v) is 5.59. The summed E-state index contributed by atoms with van der Waals surface area (Å²) in [7, 11) is 0. The summed E-state index contributed by atoms with van der Waals surface area (Å²) in [5.41, 5.74) is 0. The average molecular weight is 285 g/mol. The Morgan fingerprint density at radius 2 is 1.90 bits per heavy atom. The van der Waals surface area contributed by atoms with E-state index in [1.54, 1.807) is 6.92 Å². The van der Waals surface area contributed by atoms with Gasteiger partial charge in [0.05, 0.1) is 12.0 Å². The number of unbranched alkanes of at least 4 members (excludes halogenated alkanes) is 2. The van der Waals surface area contributed by atoms with Gasteiger partial charge < -0.3 is 15.2 Å². The van der Waals surface area contributed by atoms with E-state index < -0.39 is 12.1 Å². The number of aliphatic carboxylic acids is 1. The van der Waals surface area contributed by atoms with Crippen molar-refractivity contribution in [3.63, 3.8) is 0 Å². The Balaban J connectivity index is 2.20. The van der Waals surface area contributed by atoms with Gasteiger partial charge in [-0.1, -0.05) is 19.8 Å². The van der Waals surface area contributed by atoms with Crippen LogP contribution in [0.3, 0.4) is 0 Å². The second-order valence-electron chi connectivity index (χ2n) is 5.59. The number of carbonyl (C=O) groups excluding carboxylic acids is 1. The number of amides is 1. The molecule has 20 heavy (non-hydrogen) atoms. The highest BCUT2D eigenvalue weighted by atomic mass is 16.5. The topological polar surface area (TPSA) is 75.6 Å². The van der Waals surface area contributed by atoms with Crippen molar-refractivity contribution >= 4 is 11.9 Å². The Labute approximate surface area is 121 Å². The fourth-order valence-electron chi connectivity index (χ4n) is 2.53. The van der Waals surface area contributed by atoms with Crippen molar-refractivity contribution in [2.24, 2.45) is 5.92 Å². The summed E-state index contributed by atoms with van der Waals surface area (Å²) in [6.07, 6.45) is 5.55. The van der Waals surface area contributed by atoms with Crippen molar-refractivity contribution in [1.29, 1.82) is 0 Å². The van der Waals surface area contributed by atoms with Crippen molar-refractivity contribution in [2.75, 3.05) is 6.54 Å². The zero-order valence-electron chi connectivity index (χ0n) is 12.6. The van der Waals surface area contributed by atoms with Gasteiger partial charge in [-0.2, -0.15) is 0 Å². The van der Waals surface area contributed by atoms with E-state index in [4.69, 9.17) is 9.84 Å². The summed E-state index contributed by atoms with van der Waals surface area (Å²) in [5.74, 6) is -1.03. The molecule has 0 aliphatic heterocycles. The number of hydrogen-bond acceptors (Lipinski definition) is 3. The number of carboxylic acid groups (broad SMARTS) is 1. The average Bonchev–Trinajstić information content (AvgIpc) is 2.44. The van der Waals surface area contributed by atoms with Crippen molar-refractivity contribution in [1.82, 2.24) is 5.32 Å². The lowest BCUT2D eigenvalue weighted by atomic mass is 9.87. The van der Waals surface area contributed by atoms with Crippen LogP contribution in [0.15, 0.2) is 0 Å². The second kappa shape index (κ2) is 8.95. The van der Waals surface area contributed by atoms with Gasteiger partial charge in [-0.05, 0) is 39.0 Å². The van der Waals surface area contributed by atoms with Gasteiger partial charge in [-0.25, -0.2) is 0 Å². The molecule has 5 heteroatoms. The van der Waals surface area contributed by atoms with Gasteiger partial charge in [-0.15, -0.1) is 0 Å². The fraction of sp³-hybridized carbons (Fsp3) is 0.867. The molecule has 116 valence electrons. The first-order valence-electron chi connectivity index (χ1n) is 7.70. The molecule has 0 spiro atoms. The molecule has 0 aromatic heterocycles. The molecule has 0 heterocycles. The molecule has 2 N–H and O–H groups in total. The molecule has 1 amide bonds. The molecule has 0 aromatic rings. The van der Waals surface area contributed by atoms with Gasteiger partial charge in [-0.3, -0.25) is 9.59 Å². The quantitative estimate of drug-likeness (QED) is 0.671. The summed E-state index contributed by atoms with van der Waals surface area (Å²) < 4.78 is 5.73. The van der Waals surface area contributed by atoms with Gasteiger partial charge in [0.2, 0.25) is 5.91 Å². The molecule has 1 rings (SSSR count). The van der Waals surface area contributed by atoms with Gasteiger partial charge in [0, 0.05) is 6.54 Å². The number of hydrogen-bond donors (Lipinski definition) is 2. The molecular formula is C15H27NO4. The van der Waals surface area contributed by atoms with Crippen LogP contribution in [-0.4, -0.2) is 35.7 Å². The van der Waals surface area contributed by atoms with Crippen molar-refractivity contribution in [2.45, 2.75) is 71.0 Å². The number of carboxylic acids is 1. The predicted molar refractivity (Wildman–Crippen MR) is 76.5 cm³/mol. The molecule has 1 fully saturated rings. The van der Waals surface area contributed by atoms with Crippen molar-refractivity contribution in [3.8, 4) is 0 Å². The minimum absolute atomic E-state index is 0.0157. The molecule has 1 atom stereocenters. The Bertz CT molecular complexity index is 311. The van der Waals surface area contributed by atoms with E-state index in [0.717, 1.165) is 32.1 Å². The first-order valence-corrected chi connectivity index (χ1v) is 7.70. The highest BCUT2D eigenvalue weighted by Gasteiger charge is 2.28. The van der Waals surface area contributed by atoms with Crippen LogP contribution < -0.4 is 5.32 Å². The highest BCUT2D eigenvalue weighted by Crippen LogP contribution is 2.27. The standard InChI is InChI=1S/C15H27NO4/c1-3-4-5-10-16-14(17)11(2)20-13-8-6-12(7-9-13)15(18)19/h11-13H,3-10H2,1-2H3,(H,16,17)(H,18,19). The third-order valence-corrected chi connectivity index (χ3v) is 3.87. The molecule has 1 saturated carbocycles. The van der Waals surface area contributed by atoms with Crippen LogP contribution in [0.4, 0.5) is 0 Å². The maximum atomic E-state index is 11.8. The lowest BCUT2D eigenvalue weighted by molar-refractivity contribution is -0.146. The van der Waals surface area contributed by atoms with Gasteiger partial charge in [0.1, 0.15) is 6.10 Å². The zero-order chi connectivity index (χ0) is 15.0. The lowest BCUT2D eigenvalue weighted by Crippen LogP contribution is -2.38. The van der Waals surface area contributed by atoms with Crippen LogP contribution in [-0.2, 0) is 14.3 Å². The van der Waals surface area contributed by atoms with Gasteiger partial charge >= 0.3 is 5.97 Å². The third-order valence-electron chi connectivity index (χ3n) is 3.87. The molecular weight excluding hydrogens is 258 g/mol. The first-order chi connectivity index (χ1) is 9.54. The molecule has 5 nitrogen and oxygen atoms in total. The van der Waals surface area contributed by atoms with E-state index in [9.17, 15) is 9.59 Å². The predicted octanol–water partition coefficient (Wildman–Crippen LogP) is 2.34.